The van der Waals surface area contributed by atoms with Gasteiger partial charge in [0.1, 0.15) is 11.4 Å². The Morgan fingerprint density at radius 2 is 2.07 bits per heavy atom. The minimum Gasteiger partial charge on any atom is -0.496 e. The number of nitrogens with one attached hydrogen (secondary N) is 1. The fourth-order valence-corrected chi connectivity index (χ4v) is 3.63. The normalized spacial score (nSPS) is 16.5. The lowest BCUT2D eigenvalue weighted by Gasteiger charge is -2.25. The van der Waals surface area contributed by atoms with Crippen LogP contribution in [-0.4, -0.2) is 44.4 Å². The zero-order chi connectivity index (χ0) is 18.6. The van der Waals surface area contributed by atoms with E-state index in [4.69, 9.17) is 4.74 Å². The number of H-pyrrole nitrogens is 1. The summed E-state index contributed by atoms with van der Waals surface area (Å²) in [5.41, 5.74) is 2.38. The molecule has 1 aliphatic rings. The predicted molar refractivity (Wildman–Crippen MR) is 100.0 cm³/mol. The van der Waals surface area contributed by atoms with Gasteiger partial charge < -0.3 is 14.6 Å². The first kappa shape index (κ1) is 17.2. The summed E-state index contributed by atoms with van der Waals surface area (Å²) in [6, 6.07) is 7.53. The van der Waals surface area contributed by atoms with E-state index in [1.165, 1.54) is 0 Å². The van der Waals surface area contributed by atoms with Crippen molar-refractivity contribution in [2.24, 2.45) is 0 Å². The predicted octanol–water partition coefficient (Wildman–Crippen LogP) is 2.78. The summed E-state index contributed by atoms with van der Waals surface area (Å²) >= 11 is 0. The number of nitrogens with zero attached hydrogens (tertiary/aromatic N) is 4. The van der Waals surface area contributed by atoms with Crippen molar-refractivity contribution in [3.05, 3.63) is 60.3 Å². The molecule has 0 aliphatic carbocycles. The van der Waals surface area contributed by atoms with Gasteiger partial charge in [0.15, 0.2) is 5.82 Å². The Bertz CT molecular complexity index is 926. The van der Waals surface area contributed by atoms with Crippen molar-refractivity contribution in [1.29, 1.82) is 0 Å². The van der Waals surface area contributed by atoms with Crippen molar-refractivity contribution in [2.75, 3.05) is 13.7 Å². The van der Waals surface area contributed by atoms with Gasteiger partial charge in [-0.2, -0.15) is 0 Å². The molecule has 0 saturated carbocycles. The molecule has 1 amide bonds. The summed E-state index contributed by atoms with van der Waals surface area (Å²) in [5.74, 6) is 1.47. The van der Waals surface area contributed by atoms with E-state index in [0.717, 1.165) is 29.8 Å². The van der Waals surface area contributed by atoms with Gasteiger partial charge in [-0.25, -0.2) is 9.97 Å². The number of hydrogen-bond donors (Lipinski definition) is 1. The third-order valence-corrected chi connectivity index (χ3v) is 4.87. The first-order valence-electron chi connectivity index (χ1n) is 9.00. The second kappa shape index (κ2) is 7.57. The molecule has 1 saturated heterocycles. The van der Waals surface area contributed by atoms with E-state index in [9.17, 15) is 4.79 Å². The molecule has 3 heterocycles. The highest BCUT2D eigenvalue weighted by Crippen LogP contribution is 2.35. The third-order valence-electron chi connectivity index (χ3n) is 4.87. The fraction of sp³-hybridized carbons (Fsp3) is 0.300. The maximum Gasteiger partial charge on any atom is 0.227 e. The molecule has 1 aliphatic heterocycles. The van der Waals surface area contributed by atoms with Crippen molar-refractivity contribution >= 4 is 5.91 Å². The largest absolute Gasteiger partial charge is 0.496 e. The molecule has 7 nitrogen and oxygen atoms in total. The lowest BCUT2D eigenvalue weighted by atomic mass is 10.1. The Morgan fingerprint density at radius 3 is 2.89 bits per heavy atom. The Balaban J connectivity index is 1.61. The van der Waals surface area contributed by atoms with Gasteiger partial charge in [0.25, 0.3) is 0 Å². The number of methoxy groups -OCH3 is 1. The minimum atomic E-state index is -0.0963. The molecule has 138 valence electrons. The number of para-hydroxylation sites is 1. The molecule has 1 unspecified atom stereocenters. The summed E-state index contributed by atoms with van der Waals surface area (Å²) in [6.45, 7) is 0.715. The molecule has 27 heavy (non-hydrogen) atoms. The average Bonchev–Trinajstić information content (AvgIpc) is 3.40. The molecule has 3 aromatic rings. The van der Waals surface area contributed by atoms with Crippen LogP contribution in [-0.2, 0) is 11.2 Å². The van der Waals surface area contributed by atoms with Crippen LogP contribution in [0.3, 0.4) is 0 Å². The van der Waals surface area contributed by atoms with E-state index in [1.54, 1.807) is 31.9 Å². The third kappa shape index (κ3) is 3.40. The highest BCUT2D eigenvalue weighted by molar-refractivity contribution is 5.80. The quantitative estimate of drug-likeness (QED) is 0.753. The topological polar surface area (TPSA) is 84.0 Å². The van der Waals surface area contributed by atoms with Crippen LogP contribution in [0.25, 0.3) is 11.5 Å². The number of aromatic amines is 1. The van der Waals surface area contributed by atoms with Crippen molar-refractivity contribution in [2.45, 2.75) is 25.3 Å². The van der Waals surface area contributed by atoms with Crippen LogP contribution in [0.4, 0.5) is 0 Å². The molecule has 7 heteroatoms. The van der Waals surface area contributed by atoms with Crippen LogP contribution in [0.2, 0.25) is 0 Å². The van der Waals surface area contributed by atoms with Gasteiger partial charge in [0.05, 0.1) is 25.3 Å². The number of hydrogen-bond acceptors (Lipinski definition) is 5. The molecule has 1 fully saturated rings. The summed E-state index contributed by atoms with van der Waals surface area (Å²) in [5, 5.41) is 0. The van der Waals surface area contributed by atoms with Crippen molar-refractivity contribution in [1.82, 2.24) is 24.8 Å². The van der Waals surface area contributed by atoms with Crippen LogP contribution in [0.5, 0.6) is 5.75 Å². The van der Waals surface area contributed by atoms with Crippen molar-refractivity contribution in [3.8, 4) is 17.3 Å². The van der Waals surface area contributed by atoms with Crippen LogP contribution in [0, 0.1) is 0 Å². The van der Waals surface area contributed by atoms with Gasteiger partial charge in [-0.3, -0.25) is 9.78 Å². The van der Waals surface area contributed by atoms with Crippen LogP contribution >= 0.6 is 0 Å². The Labute approximate surface area is 157 Å². The number of aromatic nitrogens is 4. The van der Waals surface area contributed by atoms with Gasteiger partial charge in [-0.15, -0.1) is 0 Å². The molecule has 1 aromatic carbocycles. The van der Waals surface area contributed by atoms with E-state index >= 15 is 0 Å². The molecule has 0 bridgehead atoms. The zero-order valence-corrected chi connectivity index (χ0v) is 15.1. The van der Waals surface area contributed by atoms with Crippen molar-refractivity contribution in [3.63, 3.8) is 0 Å². The Morgan fingerprint density at radius 1 is 1.22 bits per heavy atom. The molecular weight excluding hydrogens is 342 g/mol. The van der Waals surface area contributed by atoms with E-state index < -0.39 is 0 Å². The molecule has 2 aromatic heterocycles. The molecular formula is C20H21N5O2. The van der Waals surface area contributed by atoms with Crippen LogP contribution < -0.4 is 4.74 Å². The zero-order valence-electron chi connectivity index (χ0n) is 15.1. The molecule has 4 rings (SSSR count). The summed E-state index contributed by atoms with van der Waals surface area (Å²) in [7, 11) is 1.62. The number of ether oxygens (including phenoxy) is 1. The number of rotatable bonds is 5. The first-order valence-corrected chi connectivity index (χ1v) is 9.00. The van der Waals surface area contributed by atoms with Crippen LogP contribution in [0.15, 0.2) is 49.1 Å². The number of carbonyl (C=O) groups excluding carboxylic acids is 1. The minimum absolute atomic E-state index is 0.0676. The summed E-state index contributed by atoms with van der Waals surface area (Å²) in [6.07, 6.45) is 8.87. The van der Waals surface area contributed by atoms with E-state index in [1.807, 2.05) is 29.2 Å². The standard InChI is InChI=1S/C20H21N5O2/c1-27-16-7-3-2-5-14(16)13-17(26)25-12-4-6-15(25)18-19(22-9-8-21-18)20-23-10-11-24-20/h2-3,5,7-11,15H,4,6,12-13H2,1H3,(H,23,24). The monoisotopic (exact) mass is 363 g/mol. The molecule has 1 N–H and O–H groups in total. The van der Waals surface area contributed by atoms with E-state index in [2.05, 4.69) is 19.9 Å². The van der Waals surface area contributed by atoms with Crippen LogP contribution in [0.1, 0.15) is 30.1 Å². The van der Waals surface area contributed by atoms with Crippen molar-refractivity contribution < 1.29 is 9.53 Å². The van der Waals surface area contributed by atoms with E-state index in [0.29, 0.717) is 24.5 Å². The first-order chi connectivity index (χ1) is 13.3. The average molecular weight is 363 g/mol. The summed E-state index contributed by atoms with van der Waals surface area (Å²) < 4.78 is 5.38. The fourth-order valence-electron chi connectivity index (χ4n) is 3.63. The number of imidazole rings is 1. The highest BCUT2D eigenvalue weighted by Gasteiger charge is 2.33. The highest BCUT2D eigenvalue weighted by atomic mass is 16.5. The Hall–Kier alpha value is -3.22. The number of carbonyl (C=O) groups is 1. The maximum absolute atomic E-state index is 13.1. The summed E-state index contributed by atoms with van der Waals surface area (Å²) in [4.78, 5) is 31.4. The second-order valence-electron chi connectivity index (χ2n) is 6.46. The number of benzene rings is 1. The van der Waals surface area contributed by atoms with Gasteiger partial charge in [0.2, 0.25) is 5.91 Å². The molecule has 0 spiro atoms. The van der Waals surface area contributed by atoms with Gasteiger partial charge in [-0.05, 0) is 18.9 Å². The lowest BCUT2D eigenvalue weighted by molar-refractivity contribution is -0.131. The van der Waals surface area contributed by atoms with Gasteiger partial charge in [0, 0.05) is 36.9 Å². The molecule has 0 radical (unpaired) electrons. The lowest BCUT2D eigenvalue weighted by Crippen LogP contribution is -2.32. The molecule has 1 atom stereocenters. The SMILES string of the molecule is COc1ccccc1CC(=O)N1CCCC1c1nccnc1-c1ncc[nH]1. The maximum atomic E-state index is 13.1. The van der Waals surface area contributed by atoms with E-state index in [-0.39, 0.29) is 11.9 Å². The smallest absolute Gasteiger partial charge is 0.227 e. The Kier molecular flexibility index (Phi) is 4.82. The second-order valence-corrected chi connectivity index (χ2v) is 6.46. The van der Waals surface area contributed by atoms with Gasteiger partial charge >= 0.3 is 0 Å². The van der Waals surface area contributed by atoms with Gasteiger partial charge in [-0.1, -0.05) is 18.2 Å². The number of likely N-dealkylation sites (tertiary alicyclic amines) is 1. The number of amides is 1.